The number of rotatable bonds is 5. The van der Waals surface area contributed by atoms with E-state index in [9.17, 15) is 4.79 Å². The van der Waals surface area contributed by atoms with Gasteiger partial charge in [-0.05, 0) is 40.8 Å². The van der Waals surface area contributed by atoms with Gasteiger partial charge in [-0.15, -0.1) is 0 Å². The van der Waals surface area contributed by atoms with Gasteiger partial charge in [0.1, 0.15) is 0 Å². The summed E-state index contributed by atoms with van der Waals surface area (Å²) < 4.78 is 10.6. The highest BCUT2D eigenvalue weighted by molar-refractivity contribution is 5.94. The van der Waals surface area contributed by atoms with E-state index in [1.54, 1.807) is 26.2 Å². The van der Waals surface area contributed by atoms with E-state index >= 15 is 0 Å². The van der Waals surface area contributed by atoms with Crippen molar-refractivity contribution in [1.82, 2.24) is 4.90 Å². The molecule has 0 unspecified atom stereocenters. The van der Waals surface area contributed by atoms with Crippen LogP contribution >= 0.6 is 0 Å². The van der Waals surface area contributed by atoms with Gasteiger partial charge in [-0.1, -0.05) is 39.0 Å². The van der Waals surface area contributed by atoms with Crippen molar-refractivity contribution in [2.45, 2.75) is 32.7 Å². The lowest BCUT2D eigenvalue weighted by atomic mass is 9.86. The van der Waals surface area contributed by atoms with Crippen molar-refractivity contribution in [3.63, 3.8) is 0 Å². The topological polar surface area (TPSA) is 38.8 Å². The van der Waals surface area contributed by atoms with Crippen molar-refractivity contribution in [3.05, 3.63) is 59.2 Å². The third-order valence-electron chi connectivity index (χ3n) is 4.21. The molecule has 0 N–H and O–H groups in total. The summed E-state index contributed by atoms with van der Waals surface area (Å²) in [6.45, 7) is 6.98. The molecule has 2 aromatic carbocycles. The van der Waals surface area contributed by atoms with Crippen molar-refractivity contribution in [3.8, 4) is 11.5 Å². The molecule has 0 aliphatic heterocycles. The van der Waals surface area contributed by atoms with Crippen molar-refractivity contribution in [2.24, 2.45) is 0 Å². The van der Waals surface area contributed by atoms with Crippen LogP contribution in [0.4, 0.5) is 0 Å². The number of carbonyl (C=O) groups excluding carboxylic acids is 1. The minimum atomic E-state index is -0.00440. The minimum Gasteiger partial charge on any atom is -0.493 e. The van der Waals surface area contributed by atoms with Gasteiger partial charge in [0, 0.05) is 19.2 Å². The molecule has 0 aliphatic carbocycles. The van der Waals surface area contributed by atoms with Gasteiger partial charge in [0.15, 0.2) is 11.5 Å². The van der Waals surface area contributed by atoms with Crippen molar-refractivity contribution in [1.29, 1.82) is 0 Å². The molecule has 2 aromatic rings. The molecular formula is C21H27NO3. The molecule has 0 aliphatic rings. The Bertz CT molecular complexity index is 730. The zero-order valence-electron chi connectivity index (χ0n) is 15.9. The summed E-state index contributed by atoms with van der Waals surface area (Å²) in [7, 11) is 5.01. The summed E-state index contributed by atoms with van der Waals surface area (Å²) in [6, 6.07) is 13.5. The molecule has 0 fully saturated rings. The maximum Gasteiger partial charge on any atom is 0.253 e. The normalized spacial score (nSPS) is 11.1. The fraction of sp³-hybridized carbons (Fsp3) is 0.381. The predicted octanol–water partition coefficient (Wildman–Crippen LogP) is 4.27. The molecule has 0 saturated heterocycles. The number of amides is 1. The lowest BCUT2D eigenvalue weighted by Gasteiger charge is -2.21. The lowest BCUT2D eigenvalue weighted by molar-refractivity contribution is 0.0785. The van der Waals surface area contributed by atoms with E-state index in [4.69, 9.17) is 9.47 Å². The molecule has 134 valence electrons. The molecule has 0 radical (unpaired) electrons. The Balaban J connectivity index is 2.12. The first kappa shape index (κ1) is 18.8. The molecule has 0 spiro atoms. The van der Waals surface area contributed by atoms with Crippen molar-refractivity contribution >= 4 is 5.91 Å². The van der Waals surface area contributed by atoms with Crippen LogP contribution in [0.2, 0.25) is 0 Å². The van der Waals surface area contributed by atoms with Gasteiger partial charge in [-0.2, -0.15) is 0 Å². The molecule has 0 aromatic heterocycles. The smallest absolute Gasteiger partial charge is 0.253 e. The van der Waals surface area contributed by atoms with Crippen LogP contribution < -0.4 is 9.47 Å². The third-order valence-corrected chi connectivity index (χ3v) is 4.21. The molecule has 0 saturated carbocycles. The van der Waals surface area contributed by atoms with Gasteiger partial charge >= 0.3 is 0 Å². The Morgan fingerprint density at radius 3 is 2.08 bits per heavy atom. The number of methoxy groups -OCH3 is 2. The first-order valence-electron chi connectivity index (χ1n) is 8.33. The standard InChI is InChI=1S/C21H27NO3/c1-21(2,3)17-10-8-16(9-11-17)20(23)22(4)14-15-7-12-18(24-5)19(13-15)25-6/h7-13H,14H2,1-6H3. The summed E-state index contributed by atoms with van der Waals surface area (Å²) in [4.78, 5) is 14.4. The van der Waals surface area contributed by atoms with E-state index in [1.807, 2.05) is 42.5 Å². The van der Waals surface area contributed by atoms with Crippen molar-refractivity contribution in [2.75, 3.05) is 21.3 Å². The summed E-state index contributed by atoms with van der Waals surface area (Å²) in [5.41, 5.74) is 2.97. The number of carbonyl (C=O) groups is 1. The highest BCUT2D eigenvalue weighted by Crippen LogP contribution is 2.28. The summed E-state index contributed by atoms with van der Waals surface area (Å²) in [5.74, 6) is 1.34. The molecule has 25 heavy (non-hydrogen) atoms. The Labute approximate surface area is 150 Å². The SMILES string of the molecule is COc1ccc(CN(C)C(=O)c2ccc(C(C)(C)C)cc2)cc1OC. The van der Waals surface area contributed by atoms with Gasteiger partial charge in [-0.3, -0.25) is 4.79 Å². The predicted molar refractivity (Wildman–Crippen MR) is 100 cm³/mol. The number of benzene rings is 2. The first-order valence-corrected chi connectivity index (χ1v) is 8.33. The Morgan fingerprint density at radius 1 is 0.960 bits per heavy atom. The minimum absolute atomic E-state index is 0.00440. The summed E-state index contributed by atoms with van der Waals surface area (Å²) in [5, 5.41) is 0. The molecule has 0 atom stereocenters. The van der Waals surface area contributed by atoms with Crippen LogP contribution in [0.3, 0.4) is 0 Å². The van der Waals surface area contributed by atoms with E-state index in [0.717, 1.165) is 5.56 Å². The van der Waals surface area contributed by atoms with Gasteiger partial charge in [0.2, 0.25) is 0 Å². The second kappa shape index (κ2) is 7.60. The van der Waals surface area contributed by atoms with Crippen LogP contribution in [0.25, 0.3) is 0 Å². The molecule has 0 bridgehead atoms. The average Bonchev–Trinajstić information content (AvgIpc) is 2.60. The van der Waals surface area contributed by atoms with Gasteiger partial charge in [0.05, 0.1) is 14.2 Å². The van der Waals surface area contributed by atoms with Crippen molar-refractivity contribution < 1.29 is 14.3 Å². The summed E-state index contributed by atoms with van der Waals surface area (Å²) in [6.07, 6.45) is 0. The highest BCUT2D eigenvalue weighted by Gasteiger charge is 2.16. The van der Waals surface area contributed by atoms with Crippen LogP contribution in [0.5, 0.6) is 11.5 Å². The number of hydrogen-bond donors (Lipinski definition) is 0. The number of ether oxygens (including phenoxy) is 2. The van der Waals surface area contributed by atoms with E-state index in [1.165, 1.54) is 5.56 Å². The largest absolute Gasteiger partial charge is 0.493 e. The third kappa shape index (κ3) is 4.53. The van der Waals surface area contributed by atoms with E-state index in [0.29, 0.717) is 23.6 Å². The van der Waals surface area contributed by atoms with E-state index in [-0.39, 0.29) is 11.3 Å². The maximum absolute atomic E-state index is 12.7. The van der Waals surface area contributed by atoms with Gasteiger partial charge in [-0.25, -0.2) is 0 Å². The molecule has 0 heterocycles. The van der Waals surface area contributed by atoms with Crippen LogP contribution in [-0.4, -0.2) is 32.1 Å². The zero-order chi connectivity index (χ0) is 18.6. The lowest BCUT2D eigenvalue weighted by Crippen LogP contribution is -2.26. The summed E-state index contributed by atoms with van der Waals surface area (Å²) >= 11 is 0. The average molecular weight is 341 g/mol. The Morgan fingerprint density at radius 2 is 1.56 bits per heavy atom. The number of nitrogens with zero attached hydrogens (tertiary/aromatic N) is 1. The van der Waals surface area contributed by atoms with Crippen LogP contribution in [0.15, 0.2) is 42.5 Å². The van der Waals surface area contributed by atoms with E-state index < -0.39 is 0 Å². The van der Waals surface area contributed by atoms with Gasteiger partial charge in [0.25, 0.3) is 5.91 Å². The maximum atomic E-state index is 12.7. The fourth-order valence-electron chi connectivity index (χ4n) is 2.66. The second-order valence-corrected chi connectivity index (χ2v) is 7.18. The quantitative estimate of drug-likeness (QED) is 0.815. The van der Waals surface area contributed by atoms with Crippen LogP contribution in [0, 0.1) is 0 Å². The molecule has 2 rings (SSSR count). The second-order valence-electron chi connectivity index (χ2n) is 7.18. The number of hydrogen-bond acceptors (Lipinski definition) is 3. The van der Waals surface area contributed by atoms with Crippen LogP contribution in [0.1, 0.15) is 42.3 Å². The van der Waals surface area contributed by atoms with Crippen LogP contribution in [-0.2, 0) is 12.0 Å². The molecule has 4 heteroatoms. The molecular weight excluding hydrogens is 314 g/mol. The molecule has 1 amide bonds. The van der Waals surface area contributed by atoms with Gasteiger partial charge < -0.3 is 14.4 Å². The Kier molecular flexibility index (Phi) is 5.73. The highest BCUT2D eigenvalue weighted by atomic mass is 16.5. The Hall–Kier alpha value is -2.49. The molecule has 4 nitrogen and oxygen atoms in total. The monoisotopic (exact) mass is 341 g/mol. The first-order chi connectivity index (χ1) is 11.8. The van der Waals surface area contributed by atoms with E-state index in [2.05, 4.69) is 20.8 Å². The fourth-order valence-corrected chi connectivity index (χ4v) is 2.66. The zero-order valence-corrected chi connectivity index (χ0v) is 15.9.